The van der Waals surface area contributed by atoms with Gasteiger partial charge in [-0.2, -0.15) is 0 Å². The lowest BCUT2D eigenvalue weighted by atomic mass is 9.82. The summed E-state index contributed by atoms with van der Waals surface area (Å²) in [6.45, 7) is 5.04. The highest BCUT2D eigenvalue weighted by atomic mass is 16.5. The van der Waals surface area contributed by atoms with Crippen LogP contribution in [-0.4, -0.2) is 28.8 Å². The van der Waals surface area contributed by atoms with Gasteiger partial charge in [-0.3, -0.25) is 0 Å². The van der Waals surface area contributed by atoms with Gasteiger partial charge in [-0.25, -0.2) is 4.98 Å². The van der Waals surface area contributed by atoms with Gasteiger partial charge in [0, 0.05) is 17.4 Å². The second-order valence-electron chi connectivity index (χ2n) is 8.48. The number of piperidine rings is 1. The van der Waals surface area contributed by atoms with Gasteiger partial charge in [0.2, 0.25) is 0 Å². The van der Waals surface area contributed by atoms with Crippen LogP contribution in [0.15, 0.2) is 66.9 Å². The predicted octanol–water partition coefficient (Wildman–Crippen LogP) is 4.99. The molecule has 0 aliphatic carbocycles. The molecule has 5 heteroatoms. The van der Waals surface area contributed by atoms with Gasteiger partial charge < -0.3 is 19.4 Å². The number of nitrogens with zero attached hydrogens (tertiary/aromatic N) is 2. The molecule has 1 spiro atoms. The van der Waals surface area contributed by atoms with Crippen molar-refractivity contribution in [2.24, 2.45) is 0 Å². The van der Waals surface area contributed by atoms with E-state index in [9.17, 15) is 0 Å². The summed E-state index contributed by atoms with van der Waals surface area (Å²) in [6.07, 6.45) is 8.44. The molecule has 2 aliphatic heterocycles. The summed E-state index contributed by atoms with van der Waals surface area (Å²) in [4.78, 5) is 4.55. The molecule has 1 aromatic heterocycles. The molecule has 3 unspecified atom stereocenters. The topological polar surface area (TPSA) is 48.3 Å². The molecule has 5 rings (SSSR count). The summed E-state index contributed by atoms with van der Waals surface area (Å²) in [5.41, 5.74) is 4.01. The summed E-state index contributed by atoms with van der Waals surface area (Å²) in [7, 11) is 1.72. The van der Waals surface area contributed by atoms with E-state index in [0.29, 0.717) is 0 Å². The average molecular weight is 416 g/mol. The second kappa shape index (κ2) is 7.98. The molecule has 3 heterocycles. The van der Waals surface area contributed by atoms with E-state index in [0.717, 1.165) is 47.9 Å². The van der Waals surface area contributed by atoms with Crippen molar-refractivity contribution in [3.8, 4) is 11.4 Å². The van der Waals surface area contributed by atoms with Crippen LogP contribution in [-0.2, 0) is 4.74 Å². The third kappa shape index (κ3) is 3.58. The van der Waals surface area contributed by atoms with Gasteiger partial charge >= 0.3 is 0 Å². The van der Waals surface area contributed by atoms with Crippen LogP contribution >= 0.6 is 0 Å². The third-order valence-electron chi connectivity index (χ3n) is 6.41. The fourth-order valence-electron chi connectivity index (χ4n) is 4.99. The van der Waals surface area contributed by atoms with Crippen LogP contribution in [0.5, 0.6) is 5.75 Å². The molecule has 5 nitrogen and oxygen atoms in total. The Balaban J connectivity index is 1.50. The lowest BCUT2D eigenvalue weighted by Crippen LogP contribution is -2.47. The number of aryl methyl sites for hydroxylation is 2. The van der Waals surface area contributed by atoms with Crippen molar-refractivity contribution >= 4 is 0 Å². The number of hydrogen-bond acceptors (Lipinski definition) is 4. The summed E-state index contributed by atoms with van der Waals surface area (Å²) in [6, 6.07) is 17.0. The van der Waals surface area contributed by atoms with E-state index >= 15 is 0 Å². The van der Waals surface area contributed by atoms with E-state index in [2.05, 4.69) is 75.7 Å². The van der Waals surface area contributed by atoms with Crippen LogP contribution in [0, 0.1) is 13.8 Å². The Morgan fingerprint density at radius 3 is 2.74 bits per heavy atom. The first-order valence-corrected chi connectivity index (χ1v) is 11.0. The molecular formula is C26H29N3O2. The first-order valence-electron chi connectivity index (χ1n) is 11.0. The Labute approximate surface area is 183 Å². The molecule has 1 N–H and O–H groups in total. The number of methoxy groups -OCH3 is 1. The Hall–Kier alpha value is -2.89. The molecule has 0 amide bonds. The number of ether oxygens (including phenoxy) is 2. The van der Waals surface area contributed by atoms with E-state index in [1.54, 1.807) is 7.11 Å². The van der Waals surface area contributed by atoms with Crippen molar-refractivity contribution in [2.45, 2.75) is 44.4 Å². The van der Waals surface area contributed by atoms with Crippen molar-refractivity contribution in [1.82, 2.24) is 14.9 Å². The largest absolute Gasteiger partial charge is 0.496 e. The summed E-state index contributed by atoms with van der Waals surface area (Å²) >= 11 is 0. The van der Waals surface area contributed by atoms with Gasteiger partial charge in [-0.05, 0) is 57.0 Å². The zero-order valence-electron chi connectivity index (χ0n) is 18.3. The van der Waals surface area contributed by atoms with Crippen LogP contribution in [0.2, 0.25) is 0 Å². The van der Waals surface area contributed by atoms with Crippen molar-refractivity contribution in [1.29, 1.82) is 0 Å². The molecule has 0 radical (unpaired) electrons. The Morgan fingerprint density at radius 2 is 2.00 bits per heavy atom. The van der Waals surface area contributed by atoms with Crippen molar-refractivity contribution in [2.75, 3.05) is 13.7 Å². The highest BCUT2D eigenvalue weighted by Crippen LogP contribution is 2.47. The Morgan fingerprint density at radius 1 is 1.16 bits per heavy atom. The standard InChI is InChI=1S/C26H29N3O2/c1-18-17-29(19(2)28-18)21-10-11-23(30-3)22(16-21)24-12-14-26(31-24)13-7-15-27-25(26)20-8-5-4-6-9-20/h4-6,8-12,14,16-17,24-25,27H,7,13,15H2,1-3H3. The smallest absolute Gasteiger partial charge is 0.125 e. The molecule has 0 bridgehead atoms. The van der Waals surface area contributed by atoms with E-state index in [-0.39, 0.29) is 17.7 Å². The minimum absolute atomic E-state index is 0.136. The molecular weight excluding hydrogens is 386 g/mol. The maximum Gasteiger partial charge on any atom is 0.125 e. The molecule has 2 aromatic carbocycles. The SMILES string of the molecule is COc1ccc(-n2cc(C)nc2C)cc1C1C=CC2(CCCNC2c2ccccc2)O1. The molecule has 1 saturated heterocycles. The summed E-state index contributed by atoms with van der Waals surface area (Å²) in [5, 5.41) is 3.70. The zero-order valence-corrected chi connectivity index (χ0v) is 18.3. The highest BCUT2D eigenvalue weighted by Gasteiger charge is 2.45. The predicted molar refractivity (Wildman–Crippen MR) is 122 cm³/mol. The van der Waals surface area contributed by atoms with Crippen molar-refractivity contribution in [3.05, 3.63) is 89.5 Å². The lowest BCUT2D eigenvalue weighted by molar-refractivity contribution is -0.0673. The first kappa shape index (κ1) is 20.0. The summed E-state index contributed by atoms with van der Waals surface area (Å²) in [5.74, 6) is 1.80. The molecule has 0 saturated carbocycles. The lowest BCUT2D eigenvalue weighted by Gasteiger charge is -2.41. The quantitative estimate of drug-likeness (QED) is 0.610. The van der Waals surface area contributed by atoms with Gasteiger partial charge in [-0.15, -0.1) is 0 Å². The molecule has 2 aliphatic rings. The number of nitrogens with one attached hydrogen (secondary N) is 1. The van der Waals surface area contributed by atoms with Crippen LogP contribution < -0.4 is 10.1 Å². The molecule has 3 atom stereocenters. The van der Waals surface area contributed by atoms with E-state index in [4.69, 9.17) is 9.47 Å². The van der Waals surface area contributed by atoms with Gasteiger partial charge in [0.25, 0.3) is 0 Å². The summed E-state index contributed by atoms with van der Waals surface area (Å²) < 4.78 is 14.7. The van der Waals surface area contributed by atoms with Crippen LogP contribution in [0.4, 0.5) is 0 Å². The fourth-order valence-corrected chi connectivity index (χ4v) is 4.99. The van der Waals surface area contributed by atoms with Crippen LogP contribution in [0.25, 0.3) is 5.69 Å². The van der Waals surface area contributed by atoms with E-state index < -0.39 is 0 Å². The third-order valence-corrected chi connectivity index (χ3v) is 6.41. The minimum atomic E-state index is -0.354. The Kier molecular flexibility index (Phi) is 5.16. The molecule has 1 fully saturated rings. The number of aromatic nitrogens is 2. The second-order valence-corrected chi connectivity index (χ2v) is 8.48. The van der Waals surface area contributed by atoms with Crippen LogP contribution in [0.3, 0.4) is 0 Å². The minimum Gasteiger partial charge on any atom is -0.496 e. The number of rotatable bonds is 4. The van der Waals surface area contributed by atoms with Gasteiger partial charge in [0.05, 0.1) is 18.8 Å². The van der Waals surface area contributed by atoms with E-state index in [1.807, 2.05) is 19.9 Å². The maximum absolute atomic E-state index is 6.83. The van der Waals surface area contributed by atoms with E-state index in [1.165, 1.54) is 5.56 Å². The van der Waals surface area contributed by atoms with Gasteiger partial charge in [0.1, 0.15) is 23.3 Å². The molecule has 3 aromatic rings. The van der Waals surface area contributed by atoms with Crippen molar-refractivity contribution < 1.29 is 9.47 Å². The molecule has 160 valence electrons. The zero-order chi connectivity index (χ0) is 21.4. The average Bonchev–Trinajstić information content (AvgIpc) is 3.37. The fraction of sp³-hybridized carbons (Fsp3) is 0.346. The maximum atomic E-state index is 6.83. The van der Waals surface area contributed by atoms with Gasteiger partial charge in [-0.1, -0.05) is 42.5 Å². The van der Waals surface area contributed by atoms with Crippen LogP contribution in [0.1, 0.15) is 47.6 Å². The number of imidazole rings is 1. The number of benzene rings is 2. The van der Waals surface area contributed by atoms with Crippen molar-refractivity contribution in [3.63, 3.8) is 0 Å². The monoisotopic (exact) mass is 415 g/mol. The normalized spacial score (nSPS) is 25.3. The Bertz CT molecular complexity index is 1110. The highest BCUT2D eigenvalue weighted by molar-refractivity contribution is 5.48. The molecule has 31 heavy (non-hydrogen) atoms. The number of hydrogen-bond donors (Lipinski definition) is 1. The first-order chi connectivity index (χ1) is 15.1. The van der Waals surface area contributed by atoms with Gasteiger partial charge in [0.15, 0.2) is 0 Å².